The molecule has 0 aliphatic carbocycles. The first-order valence-corrected chi connectivity index (χ1v) is 8.58. The maximum absolute atomic E-state index is 6.13. The van der Waals surface area contributed by atoms with Gasteiger partial charge in [0.1, 0.15) is 11.5 Å². The summed E-state index contributed by atoms with van der Waals surface area (Å²) < 4.78 is 1.91. The summed E-state index contributed by atoms with van der Waals surface area (Å²) >= 11 is 14.0. The third kappa shape index (κ3) is 2.32. The van der Waals surface area contributed by atoms with Crippen LogP contribution in [0.15, 0.2) is 30.3 Å². The van der Waals surface area contributed by atoms with Crippen LogP contribution in [0.1, 0.15) is 10.4 Å². The largest absolute Gasteiger partial charge is 0.369 e. The number of fused-ring (bicyclic) bond motifs is 1. The molecule has 0 saturated carbocycles. The summed E-state index contributed by atoms with van der Waals surface area (Å²) in [5, 5.41) is 9.46. The average molecular weight is 350 g/mol. The molecule has 0 radical (unpaired) electrons. The first kappa shape index (κ1) is 14.1. The van der Waals surface area contributed by atoms with Crippen LogP contribution in [0.5, 0.6) is 0 Å². The van der Waals surface area contributed by atoms with Crippen molar-refractivity contribution in [1.29, 1.82) is 0 Å². The van der Waals surface area contributed by atoms with Crippen LogP contribution in [0.2, 0.25) is 10.0 Å². The van der Waals surface area contributed by atoms with E-state index in [1.54, 1.807) is 17.4 Å². The van der Waals surface area contributed by atoms with Crippen molar-refractivity contribution in [3.63, 3.8) is 0 Å². The van der Waals surface area contributed by atoms with E-state index < -0.39 is 0 Å². The van der Waals surface area contributed by atoms with Gasteiger partial charge in [0, 0.05) is 27.0 Å². The minimum atomic E-state index is 0.610. The van der Waals surface area contributed by atoms with Gasteiger partial charge in [0.25, 0.3) is 0 Å². The molecule has 0 saturated heterocycles. The Bertz CT molecular complexity index is 846. The fraction of sp³-hybridized carbons (Fsp3) is 0.188. The van der Waals surface area contributed by atoms with Crippen LogP contribution >= 0.6 is 34.5 Å². The highest BCUT2D eigenvalue weighted by atomic mass is 35.5. The first-order chi connectivity index (χ1) is 10.6. The molecule has 112 valence electrons. The Kier molecular flexibility index (Phi) is 3.40. The molecule has 1 N–H and O–H groups in total. The second kappa shape index (κ2) is 5.30. The number of hydrogen-bond donors (Lipinski definition) is 1. The SMILES string of the molecule is Cc1ccc(-c2nn(-c3cc(Cl)cc(Cl)c3)c3c2CCN3)s1. The Morgan fingerprint density at radius 2 is 1.95 bits per heavy atom. The lowest BCUT2D eigenvalue weighted by atomic mass is 10.2. The van der Waals surface area contributed by atoms with Crippen LogP contribution in [0.4, 0.5) is 5.82 Å². The van der Waals surface area contributed by atoms with Gasteiger partial charge in [-0.1, -0.05) is 23.2 Å². The third-order valence-corrected chi connectivity index (χ3v) is 5.16. The first-order valence-electron chi connectivity index (χ1n) is 7.01. The monoisotopic (exact) mass is 349 g/mol. The Labute approximate surface area is 142 Å². The Morgan fingerprint density at radius 3 is 2.64 bits per heavy atom. The van der Waals surface area contributed by atoms with Crippen molar-refractivity contribution >= 4 is 40.4 Å². The van der Waals surface area contributed by atoms with Crippen LogP contribution < -0.4 is 5.32 Å². The number of nitrogens with one attached hydrogen (secondary N) is 1. The molecule has 0 unspecified atom stereocenters. The molecule has 0 fully saturated rings. The molecule has 3 aromatic rings. The molecule has 6 heteroatoms. The smallest absolute Gasteiger partial charge is 0.133 e. The van der Waals surface area contributed by atoms with Crippen molar-refractivity contribution in [3.05, 3.63) is 50.8 Å². The molecule has 0 spiro atoms. The highest BCUT2D eigenvalue weighted by molar-refractivity contribution is 7.15. The van der Waals surface area contributed by atoms with E-state index in [9.17, 15) is 0 Å². The molecule has 0 amide bonds. The molecule has 1 aliphatic heterocycles. The highest BCUT2D eigenvalue weighted by Crippen LogP contribution is 2.38. The Hall–Kier alpha value is -1.49. The fourth-order valence-electron chi connectivity index (χ4n) is 2.78. The van der Waals surface area contributed by atoms with E-state index in [0.29, 0.717) is 10.0 Å². The topological polar surface area (TPSA) is 29.9 Å². The summed E-state index contributed by atoms with van der Waals surface area (Å²) in [6, 6.07) is 9.75. The standard InChI is InChI=1S/C16H13Cl2N3S/c1-9-2-3-14(22-9)15-13-4-5-19-16(13)21(20-15)12-7-10(17)6-11(18)8-12/h2-3,6-8,19H,4-5H2,1H3. The van der Waals surface area contributed by atoms with E-state index in [2.05, 4.69) is 24.4 Å². The van der Waals surface area contributed by atoms with Crippen molar-refractivity contribution in [1.82, 2.24) is 9.78 Å². The van der Waals surface area contributed by atoms with Gasteiger partial charge in [-0.05, 0) is 43.7 Å². The van der Waals surface area contributed by atoms with Crippen molar-refractivity contribution in [3.8, 4) is 16.3 Å². The molecule has 3 nitrogen and oxygen atoms in total. The van der Waals surface area contributed by atoms with E-state index in [-0.39, 0.29) is 0 Å². The van der Waals surface area contributed by atoms with Gasteiger partial charge >= 0.3 is 0 Å². The number of hydrogen-bond acceptors (Lipinski definition) is 3. The summed E-state index contributed by atoms with van der Waals surface area (Å²) in [7, 11) is 0. The van der Waals surface area contributed by atoms with Gasteiger partial charge < -0.3 is 5.32 Å². The van der Waals surface area contributed by atoms with Crippen molar-refractivity contribution in [2.45, 2.75) is 13.3 Å². The number of aryl methyl sites for hydroxylation is 1. The minimum absolute atomic E-state index is 0.610. The third-order valence-electron chi connectivity index (χ3n) is 3.72. The zero-order valence-electron chi connectivity index (χ0n) is 11.9. The van der Waals surface area contributed by atoms with Gasteiger partial charge in [-0.15, -0.1) is 11.3 Å². The fourth-order valence-corrected chi connectivity index (χ4v) is 4.18. The Morgan fingerprint density at radius 1 is 1.18 bits per heavy atom. The maximum Gasteiger partial charge on any atom is 0.133 e. The van der Waals surface area contributed by atoms with Gasteiger partial charge in [-0.2, -0.15) is 5.10 Å². The molecule has 2 aromatic heterocycles. The summed E-state index contributed by atoms with van der Waals surface area (Å²) in [4.78, 5) is 2.49. The number of anilines is 1. The number of aromatic nitrogens is 2. The van der Waals surface area contributed by atoms with Gasteiger partial charge in [0.05, 0.1) is 10.6 Å². The molecule has 0 bridgehead atoms. The van der Waals surface area contributed by atoms with E-state index >= 15 is 0 Å². The van der Waals surface area contributed by atoms with Gasteiger partial charge in [0.2, 0.25) is 0 Å². The summed E-state index contributed by atoms with van der Waals surface area (Å²) in [5.41, 5.74) is 3.19. The normalized spacial score (nSPS) is 13.2. The summed E-state index contributed by atoms with van der Waals surface area (Å²) in [6.07, 6.45) is 0.982. The van der Waals surface area contributed by atoms with E-state index in [0.717, 1.165) is 30.2 Å². The zero-order chi connectivity index (χ0) is 15.3. The van der Waals surface area contributed by atoms with E-state index in [1.807, 2.05) is 16.8 Å². The lowest BCUT2D eigenvalue weighted by molar-refractivity contribution is 0.883. The molecule has 1 aromatic carbocycles. The number of nitrogens with zero attached hydrogens (tertiary/aromatic N) is 2. The van der Waals surface area contributed by atoms with Crippen LogP contribution in [-0.2, 0) is 6.42 Å². The van der Waals surface area contributed by atoms with Crippen LogP contribution in [-0.4, -0.2) is 16.3 Å². The molecule has 1 aliphatic rings. The van der Waals surface area contributed by atoms with Gasteiger partial charge in [-0.25, -0.2) is 4.68 Å². The van der Waals surface area contributed by atoms with E-state index in [1.165, 1.54) is 15.3 Å². The second-order valence-electron chi connectivity index (χ2n) is 5.30. The number of benzene rings is 1. The quantitative estimate of drug-likeness (QED) is 0.690. The molecular weight excluding hydrogens is 337 g/mol. The molecule has 3 heterocycles. The minimum Gasteiger partial charge on any atom is -0.369 e. The van der Waals surface area contributed by atoms with Crippen LogP contribution in [0, 0.1) is 6.92 Å². The van der Waals surface area contributed by atoms with Gasteiger partial charge in [0.15, 0.2) is 0 Å². The molecular formula is C16H13Cl2N3S. The second-order valence-corrected chi connectivity index (χ2v) is 7.46. The van der Waals surface area contributed by atoms with Crippen LogP contribution in [0.3, 0.4) is 0 Å². The molecule has 4 rings (SSSR count). The Balaban J connectivity index is 1.91. The van der Waals surface area contributed by atoms with Crippen LogP contribution in [0.25, 0.3) is 16.3 Å². The number of rotatable bonds is 2. The average Bonchev–Trinajstić information content (AvgIpc) is 3.12. The van der Waals surface area contributed by atoms with E-state index in [4.69, 9.17) is 28.3 Å². The highest BCUT2D eigenvalue weighted by Gasteiger charge is 2.24. The number of thiophene rings is 1. The molecule has 0 atom stereocenters. The predicted molar refractivity (Wildman–Crippen MR) is 93.8 cm³/mol. The lowest BCUT2D eigenvalue weighted by Gasteiger charge is -2.07. The molecule has 22 heavy (non-hydrogen) atoms. The summed E-state index contributed by atoms with van der Waals surface area (Å²) in [6.45, 7) is 3.04. The number of halogens is 2. The van der Waals surface area contributed by atoms with Crippen molar-refractivity contribution in [2.24, 2.45) is 0 Å². The summed E-state index contributed by atoms with van der Waals surface area (Å²) in [5.74, 6) is 1.04. The predicted octanol–water partition coefficient (Wildman–Crippen LogP) is 5.18. The van der Waals surface area contributed by atoms with Crippen molar-refractivity contribution in [2.75, 3.05) is 11.9 Å². The maximum atomic E-state index is 6.13. The van der Waals surface area contributed by atoms with Gasteiger partial charge in [-0.3, -0.25) is 0 Å². The lowest BCUT2D eigenvalue weighted by Crippen LogP contribution is -2.04. The zero-order valence-corrected chi connectivity index (χ0v) is 14.2. The van der Waals surface area contributed by atoms with Crippen molar-refractivity contribution < 1.29 is 0 Å².